The number of amides is 2. The molecule has 3 rings (SSSR count). The Bertz CT molecular complexity index is 711. The molecule has 3 heterocycles. The molecule has 6 nitrogen and oxygen atoms in total. The lowest BCUT2D eigenvalue weighted by Gasteiger charge is -2.18. The Balaban J connectivity index is 2.04. The summed E-state index contributed by atoms with van der Waals surface area (Å²) in [6.07, 6.45) is 3.32. The number of carbonyl (C=O) groups excluding carboxylic acids is 2. The van der Waals surface area contributed by atoms with Crippen molar-refractivity contribution in [2.24, 2.45) is 0 Å². The zero-order chi connectivity index (χ0) is 14.4. The molecule has 2 aromatic rings. The second-order valence-corrected chi connectivity index (χ2v) is 5.69. The van der Waals surface area contributed by atoms with Crippen LogP contribution >= 0.6 is 15.9 Å². The Morgan fingerprint density at radius 3 is 2.90 bits per heavy atom. The number of hydrogen-bond acceptors (Lipinski definition) is 3. The monoisotopic (exact) mass is 336 g/mol. The van der Waals surface area contributed by atoms with E-state index in [1.54, 1.807) is 34.5 Å². The summed E-state index contributed by atoms with van der Waals surface area (Å²) in [5.41, 5.74) is 1.21. The van der Waals surface area contributed by atoms with Gasteiger partial charge in [0.2, 0.25) is 5.91 Å². The van der Waals surface area contributed by atoms with Crippen LogP contribution in [0, 0.1) is 0 Å². The fraction of sp³-hybridized carbons (Fsp3) is 0.308. The molecule has 7 heteroatoms. The molecule has 1 aliphatic rings. The molecule has 0 radical (unpaired) electrons. The van der Waals surface area contributed by atoms with Crippen molar-refractivity contribution in [1.82, 2.24) is 19.4 Å². The molecule has 0 N–H and O–H groups in total. The Morgan fingerprint density at radius 2 is 2.25 bits per heavy atom. The zero-order valence-electron chi connectivity index (χ0n) is 11.1. The average Bonchev–Trinajstić information content (AvgIpc) is 2.96. The average molecular weight is 337 g/mol. The van der Waals surface area contributed by atoms with Crippen molar-refractivity contribution in [2.45, 2.75) is 13.0 Å². The van der Waals surface area contributed by atoms with E-state index in [0.29, 0.717) is 17.7 Å². The van der Waals surface area contributed by atoms with E-state index in [2.05, 4.69) is 21.0 Å². The van der Waals surface area contributed by atoms with Gasteiger partial charge < -0.3 is 9.80 Å². The largest absolute Gasteiger partial charge is 0.326 e. The molecule has 104 valence electrons. The molecule has 20 heavy (non-hydrogen) atoms. The van der Waals surface area contributed by atoms with Gasteiger partial charge >= 0.3 is 0 Å². The first kappa shape index (κ1) is 13.1. The molecular weight excluding hydrogens is 324 g/mol. The highest BCUT2D eigenvalue weighted by molar-refractivity contribution is 9.10. The highest BCUT2D eigenvalue weighted by Gasteiger charge is 2.37. The zero-order valence-corrected chi connectivity index (χ0v) is 12.7. The van der Waals surface area contributed by atoms with E-state index in [1.165, 1.54) is 6.20 Å². The smallest absolute Gasteiger partial charge is 0.259 e. The molecule has 0 saturated carbocycles. The number of hydrogen-bond donors (Lipinski definition) is 0. The van der Waals surface area contributed by atoms with Gasteiger partial charge in [-0.25, -0.2) is 4.52 Å². The van der Waals surface area contributed by atoms with E-state index in [0.717, 1.165) is 4.47 Å². The van der Waals surface area contributed by atoms with E-state index >= 15 is 0 Å². The van der Waals surface area contributed by atoms with E-state index in [9.17, 15) is 9.59 Å². The first-order chi connectivity index (χ1) is 9.50. The number of aromatic nitrogens is 2. The molecule has 2 aromatic heterocycles. The summed E-state index contributed by atoms with van der Waals surface area (Å²) in [6, 6.07) is 3.26. The number of fused-ring (bicyclic) bond motifs is 1. The maximum Gasteiger partial charge on any atom is 0.259 e. The number of rotatable bonds is 1. The van der Waals surface area contributed by atoms with Gasteiger partial charge in [0.25, 0.3) is 5.91 Å². The molecule has 0 aliphatic carbocycles. The summed E-state index contributed by atoms with van der Waals surface area (Å²) < 4.78 is 2.44. The van der Waals surface area contributed by atoms with Crippen molar-refractivity contribution in [3.8, 4) is 0 Å². The summed E-state index contributed by atoms with van der Waals surface area (Å²) in [7, 11) is 1.69. The van der Waals surface area contributed by atoms with E-state index in [4.69, 9.17) is 0 Å². The minimum atomic E-state index is -0.440. The van der Waals surface area contributed by atoms with Crippen molar-refractivity contribution in [3.05, 3.63) is 34.6 Å². The molecular formula is C13H13BrN4O2. The van der Waals surface area contributed by atoms with Gasteiger partial charge in [0.05, 0.1) is 23.9 Å². The van der Waals surface area contributed by atoms with Crippen LogP contribution in [0.5, 0.6) is 0 Å². The third kappa shape index (κ3) is 1.81. The number of nitrogens with zero attached hydrogens (tertiary/aromatic N) is 4. The topological polar surface area (TPSA) is 57.9 Å². The normalized spacial score (nSPS) is 19.1. The minimum absolute atomic E-state index is 0.0473. The summed E-state index contributed by atoms with van der Waals surface area (Å²) in [5.74, 6) is -0.231. The standard InChI is InChI=1S/C13H13BrN4O2/c1-8-12(19)16(2)7-17(8)13(20)9-6-15-18-5-3-4-10(14)11(9)18/h3-6,8H,7H2,1-2H3. The van der Waals surface area contributed by atoms with Crippen LogP contribution in [0.2, 0.25) is 0 Å². The van der Waals surface area contributed by atoms with Crippen LogP contribution in [0.15, 0.2) is 29.0 Å². The van der Waals surface area contributed by atoms with Crippen molar-refractivity contribution in [3.63, 3.8) is 0 Å². The number of pyridine rings is 1. The van der Waals surface area contributed by atoms with Crippen molar-refractivity contribution >= 4 is 33.3 Å². The van der Waals surface area contributed by atoms with Gasteiger partial charge in [-0.15, -0.1) is 0 Å². The second-order valence-electron chi connectivity index (χ2n) is 4.84. The van der Waals surface area contributed by atoms with Crippen molar-refractivity contribution < 1.29 is 9.59 Å². The van der Waals surface area contributed by atoms with E-state index < -0.39 is 6.04 Å². The van der Waals surface area contributed by atoms with E-state index in [-0.39, 0.29) is 11.8 Å². The number of halogens is 1. The lowest BCUT2D eigenvalue weighted by Crippen LogP contribution is -2.35. The summed E-state index contributed by atoms with van der Waals surface area (Å²) in [6.45, 7) is 2.05. The van der Waals surface area contributed by atoms with Crippen LogP contribution in [0.3, 0.4) is 0 Å². The lowest BCUT2D eigenvalue weighted by atomic mass is 10.2. The highest BCUT2D eigenvalue weighted by atomic mass is 79.9. The van der Waals surface area contributed by atoms with Gasteiger partial charge in [0.1, 0.15) is 6.04 Å². The van der Waals surface area contributed by atoms with Gasteiger partial charge in [-0.3, -0.25) is 9.59 Å². The van der Waals surface area contributed by atoms with Crippen LogP contribution in [-0.2, 0) is 4.79 Å². The third-order valence-corrected chi connectivity index (χ3v) is 4.19. The fourth-order valence-corrected chi connectivity index (χ4v) is 2.97. The molecule has 1 aliphatic heterocycles. The summed E-state index contributed by atoms with van der Waals surface area (Å²) in [4.78, 5) is 27.6. The van der Waals surface area contributed by atoms with Gasteiger partial charge in [-0.05, 0) is 35.0 Å². The van der Waals surface area contributed by atoms with Crippen LogP contribution < -0.4 is 0 Å². The number of likely N-dealkylation sites (N-methyl/N-ethyl adjacent to an activating group) is 1. The fourth-order valence-electron chi connectivity index (χ4n) is 2.43. The molecule has 0 bridgehead atoms. The predicted molar refractivity (Wildman–Crippen MR) is 76.2 cm³/mol. The van der Waals surface area contributed by atoms with Gasteiger partial charge in [0.15, 0.2) is 0 Å². The van der Waals surface area contributed by atoms with Gasteiger partial charge in [-0.1, -0.05) is 0 Å². The second kappa shape index (κ2) is 4.59. The molecule has 1 fully saturated rings. The van der Waals surface area contributed by atoms with Crippen LogP contribution in [0.25, 0.3) is 5.52 Å². The molecule has 0 spiro atoms. The third-order valence-electron chi connectivity index (χ3n) is 3.55. The van der Waals surface area contributed by atoms with Crippen molar-refractivity contribution in [1.29, 1.82) is 0 Å². The Hall–Kier alpha value is -1.89. The van der Waals surface area contributed by atoms with Crippen LogP contribution in [0.1, 0.15) is 17.3 Å². The Kier molecular flexibility index (Phi) is 3.01. The van der Waals surface area contributed by atoms with Crippen LogP contribution in [0.4, 0.5) is 0 Å². The first-order valence-corrected chi connectivity index (χ1v) is 6.98. The predicted octanol–water partition coefficient (Wildman–Crippen LogP) is 1.36. The first-order valence-electron chi connectivity index (χ1n) is 6.18. The number of carbonyl (C=O) groups is 2. The molecule has 1 unspecified atom stereocenters. The SMILES string of the molecule is CC1C(=O)N(C)CN1C(=O)c1cnn2cccc(Br)c12. The van der Waals surface area contributed by atoms with Crippen LogP contribution in [-0.4, -0.2) is 51.0 Å². The van der Waals surface area contributed by atoms with Gasteiger partial charge in [-0.2, -0.15) is 5.10 Å². The summed E-state index contributed by atoms with van der Waals surface area (Å²) >= 11 is 3.43. The van der Waals surface area contributed by atoms with Gasteiger partial charge in [0, 0.05) is 17.7 Å². The molecule has 1 atom stereocenters. The maximum atomic E-state index is 12.6. The minimum Gasteiger partial charge on any atom is -0.326 e. The molecule has 0 aromatic carbocycles. The molecule has 2 amide bonds. The summed E-state index contributed by atoms with van der Waals surface area (Å²) in [5, 5.41) is 4.18. The quantitative estimate of drug-likeness (QED) is 0.790. The highest BCUT2D eigenvalue weighted by Crippen LogP contribution is 2.24. The lowest BCUT2D eigenvalue weighted by molar-refractivity contribution is -0.127. The van der Waals surface area contributed by atoms with E-state index in [1.807, 2.05) is 12.1 Å². The van der Waals surface area contributed by atoms with Crippen molar-refractivity contribution in [2.75, 3.05) is 13.7 Å². The Morgan fingerprint density at radius 1 is 1.50 bits per heavy atom. The molecule has 1 saturated heterocycles. The Labute approximate surface area is 124 Å². The maximum absolute atomic E-state index is 12.6.